The molecule has 7 nitrogen and oxygen atoms in total. The van der Waals surface area contributed by atoms with Gasteiger partial charge in [0.05, 0.1) is 17.2 Å². The van der Waals surface area contributed by atoms with E-state index in [0.29, 0.717) is 29.3 Å². The lowest BCUT2D eigenvalue weighted by atomic mass is 10.1. The van der Waals surface area contributed by atoms with E-state index in [0.717, 1.165) is 11.4 Å². The first-order chi connectivity index (χ1) is 15.7. The maximum Gasteiger partial charge on any atom is 0.337 e. The second-order valence-corrected chi connectivity index (χ2v) is 7.62. The van der Waals surface area contributed by atoms with Gasteiger partial charge in [0.2, 0.25) is 0 Å². The maximum absolute atomic E-state index is 12.7. The van der Waals surface area contributed by atoms with Crippen molar-refractivity contribution in [3.8, 4) is 17.5 Å². The van der Waals surface area contributed by atoms with Crippen LogP contribution in [-0.2, 0) is 4.79 Å². The lowest BCUT2D eigenvalue weighted by molar-refractivity contribution is -0.112. The molecule has 168 valence electrons. The van der Waals surface area contributed by atoms with E-state index in [2.05, 4.69) is 5.32 Å². The first-order valence-electron chi connectivity index (χ1n) is 10.1. The van der Waals surface area contributed by atoms with Crippen LogP contribution in [0.5, 0.6) is 5.75 Å². The average Bonchev–Trinajstić information content (AvgIpc) is 3.05. The number of hydrogen-bond donors (Lipinski definition) is 2. The van der Waals surface area contributed by atoms with Gasteiger partial charge in [-0.05, 0) is 68.8 Å². The van der Waals surface area contributed by atoms with Gasteiger partial charge in [-0.25, -0.2) is 4.79 Å². The molecule has 1 heterocycles. The van der Waals surface area contributed by atoms with Gasteiger partial charge < -0.3 is 19.7 Å². The van der Waals surface area contributed by atoms with Crippen molar-refractivity contribution in [2.24, 2.45) is 0 Å². The Bertz CT molecular complexity index is 1300. The van der Waals surface area contributed by atoms with Crippen LogP contribution in [0.3, 0.4) is 0 Å². The number of nitrogens with one attached hydrogen (secondary N) is 1. The summed E-state index contributed by atoms with van der Waals surface area (Å²) in [6, 6.07) is 15.4. The molecule has 3 rings (SSSR count). The molecule has 0 radical (unpaired) electrons. The Morgan fingerprint density at radius 1 is 1.21 bits per heavy atom. The molecule has 1 amide bonds. The minimum absolute atomic E-state index is 0.00914. The zero-order valence-corrected chi connectivity index (χ0v) is 19.1. The van der Waals surface area contributed by atoms with E-state index >= 15 is 0 Å². The molecule has 0 saturated carbocycles. The number of carbonyl (C=O) groups is 2. The van der Waals surface area contributed by atoms with E-state index in [1.165, 1.54) is 18.2 Å². The van der Waals surface area contributed by atoms with Crippen molar-refractivity contribution in [2.75, 3.05) is 11.9 Å². The smallest absolute Gasteiger partial charge is 0.337 e. The van der Waals surface area contributed by atoms with Crippen molar-refractivity contribution in [1.82, 2.24) is 4.57 Å². The highest BCUT2D eigenvalue weighted by Gasteiger charge is 2.16. The van der Waals surface area contributed by atoms with Crippen LogP contribution < -0.4 is 10.1 Å². The summed E-state index contributed by atoms with van der Waals surface area (Å²) in [5.41, 5.74) is 3.25. The molecule has 0 aliphatic rings. The van der Waals surface area contributed by atoms with Crippen molar-refractivity contribution in [1.29, 1.82) is 5.26 Å². The predicted molar refractivity (Wildman–Crippen MR) is 127 cm³/mol. The number of benzene rings is 2. The number of anilines is 1. The molecule has 1 aromatic heterocycles. The Labute approximate surface area is 196 Å². The fourth-order valence-corrected chi connectivity index (χ4v) is 3.68. The summed E-state index contributed by atoms with van der Waals surface area (Å²) in [4.78, 5) is 24.2. The quantitative estimate of drug-likeness (QED) is 0.361. The molecule has 2 N–H and O–H groups in total. The molecule has 8 heteroatoms. The van der Waals surface area contributed by atoms with Crippen LogP contribution in [0.15, 0.2) is 54.1 Å². The zero-order chi connectivity index (χ0) is 24.1. The van der Waals surface area contributed by atoms with Gasteiger partial charge in [-0.2, -0.15) is 5.26 Å². The molecule has 0 atom stereocenters. The van der Waals surface area contributed by atoms with Gasteiger partial charge in [0.25, 0.3) is 5.91 Å². The normalized spacial score (nSPS) is 11.1. The Balaban J connectivity index is 1.93. The Hall–Kier alpha value is -4.02. The topological polar surface area (TPSA) is 104 Å². The summed E-state index contributed by atoms with van der Waals surface area (Å²) in [6.45, 7) is 6.04. The summed E-state index contributed by atoms with van der Waals surface area (Å²) >= 11 is 5.99. The molecule has 0 saturated heterocycles. The molecule has 0 unspecified atom stereocenters. The number of carboxylic acid groups (broad SMARTS) is 1. The highest BCUT2D eigenvalue weighted by Crippen LogP contribution is 2.26. The minimum atomic E-state index is -1.12. The summed E-state index contributed by atoms with van der Waals surface area (Å²) in [5.74, 6) is -1.05. The number of carboxylic acids is 1. The van der Waals surface area contributed by atoms with Crippen LogP contribution in [0, 0.1) is 25.2 Å². The molecule has 0 spiro atoms. The number of aryl methyl sites for hydroxylation is 1. The second kappa shape index (κ2) is 10.1. The Kier molecular flexibility index (Phi) is 7.21. The molecule has 0 bridgehead atoms. The summed E-state index contributed by atoms with van der Waals surface area (Å²) in [7, 11) is 0. The maximum atomic E-state index is 12.7. The number of ether oxygens (including phenoxy) is 1. The number of aromatic nitrogens is 1. The van der Waals surface area contributed by atoms with Gasteiger partial charge in [0, 0.05) is 28.8 Å². The van der Waals surface area contributed by atoms with Gasteiger partial charge in [-0.3, -0.25) is 4.79 Å². The molecule has 0 fully saturated rings. The van der Waals surface area contributed by atoms with Crippen molar-refractivity contribution in [3.63, 3.8) is 0 Å². The molecular weight excluding hydrogens is 442 g/mol. The number of halogens is 1. The average molecular weight is 464 g/mol. The van der Waals surface area contributed by atoms with Gasteiger partial charge in [0.1, 0.15) is 17.4 Å². The van der Waals surface area contributed by atoms with Crippen LogP contribution in [-0.4, -0.2) is 28.2 Å². The first kappa shape index (κ1) is 23.6. The van der Waals surface area contributed by atoms with Gasteiger partial charge in [0.15, 0.2) is 0 Å². The van der Waals surface area contributed by atoms with E-state index < -0.39 is 11.9 Å². The fourth-order valence-electron chi connectivity index (χ4n) is 3.48. The van der Waals surface area contributed by atoms with Crippen LogP contribution in [0.2, 0.25) is 5.02 Å². The summed E-state index contributed by atoms with van der Waals surface area (Å²) in [5, 5.41) is 21.8. The number of amides is 1. The fraction of sp³-hybridized carbons (Fsp3) is 0.160. The molecule has 33 heavy (non-hydrogen) atoms. The third-order valence-corrected chi connectivity index (χ3v) is 5.31. The van der Waals surface area contributed by atoms with E-state index in [4.69, 9.17) is 16.3 Å². The summed E-state index contributed by atoms with van der Waals surface area (Å²) < 4.78 is 7.28. The highest BCUT2D eigenvalue weighted by molar-refractivity contribution is 6.33. The van der Waals surface area contributed by atoms with Gasteiger partial charge in [-0.15, -0.1) is 0 Å². The van der Waals surface area contributed by atoms with E-state index in [-0.39, 0.29) is 16.2 Å². The number of carbonyl (C=O) groups excluding carboxylic acids is 1. The molecule has 2 aromatic carbocycles. The van der Waals surface area contributed by atoms with Crippen molar-refractivity contribution in [3.05, 3.63) is 81.6 Å². The SMILES string of the molecule is CCOc1cccc(NC(=O)/C(C#N)=C\c2cc(C)n(-c3ccc(Cl)c(C(=O)O)c3)c2C)c1. The standard InChI is InChI=1S/C25H22ClN3O4/c1-4-33-21-7-5-6-19(12-21)28-24(30)18(14-27)11-17-10-15(2)29(16(17)3)20-8-9-23(26)22(13-20)25(31)32/h5-13H,4H2,1-3H3,(H,28,30)(H,31,32)/b18-11-. The molecule has 0 aliphatic carbocycles. The second-order valence-electron chi connectivity index (χ2n) is 7.22. The highest BCUT2D eigenvalue weighted by atomic mass is 35.5. The van der Waals surface area contributed by atoms with Crippen LogP contribution in [0.1, 0.15) is 34.2 Å². The first-order valence-corrected chi connectivity index (χ1v) is 10.5. The largest absolute Gasteiger partial charge is 0.494 e. The Morgan fingerprint density at radius 3 is 2.64 bits per heavy atom. The van der Waals surface area contributed by atoms with Crippen LogP contribution in [0.4, 0.5) is 5.69 Å². The van der Waals surface area contributed by atoms with Gasteiger partial charge >= 0.3 is 5.97 Å². The third kappa shape index (κ3) is 5.25. The molecular formula is C25H22ClN3O4. The number of rotatable bonds is 7. The van der Waals surface area contributed by atoms with E-state index in [1.54, 1.807) is 30.3 Å². The number of aromatic carboxylic acids is 1. The third-order valence-electron chi connectivity index (χ3n) is 4.98. The van der Waals surface area contributed by atoms with Crippen LogP contribution >= 0.6 is 11.6 Å². The van der Waals surface area contributed by atoms with Crippen LogP contribution in [0.25, 0.3) is 11.8 Å². The number of hydrogen-bond acceptors (Lipinski definition) is 4. The van der Waals surface area contributed by atoms with Crippen molar-refractivity contribution >= 4 is 35.2 Å². The Morgan fingerprint density at radius 2 is 1.97 bits per heavy atom. The number of nitrogens with zero attached hydrogens (tertiary/aromatic N) is 2. The summed E-state index contributed by atoms with van der Waals surface area (Å²) in [6.07, 6.45) is 1.51. The monoisotopic (exact) mass is 463 g/mol. The minimum Gasteiger partial charge on any atom is -0.494 e. The number of nitriles is 1. The molecule has 3 aromatic rings. The van der Waals surface area contributed by atoms with E-state index in [9.17, 15) is 20.0 Å². The van der Waals surface area contributed by atoms with Crippen molar-refractivity contribution in [2.45, 2.75) is 20.8 Å². The van der Waals surface area contributed by atoms with E-state index in [1.807, 2.05) is 37.5 Å². The zero-order valence-electron chi connectivity index (χ0n) is 18.3. The lowest BCUT2D eigenvalue weighted by Crippen LogP contribution is -2.13. The van der Waals surface area contributed by atoms with Gasteiger partial charge in [-0.1, -0.05) is 17.7 Å². The predicted octanol–water partition coefficient (Wildman–Crippen LogP) is 5.39. The molecule has 0 aliphatic heterocycles. The van der Waals surface area contributed by atoms with Crippen molar-refractivity contribution < 1.29 is 19.4 Å². The lowest BCUT2D eigenvalue weighted by Gasteiger charge is -2.11.